The quantitative estimate of drug-likeness (QED) is 0.818. The third-order valence-corrected chi connectivity index (χ3v) is 3.09. The van der Waals surface area contributed by atoms with Crippen molar-refractivity contribution in [3.8, 4) is 5.75 Å². The molecule has 0 aliphatic carbocycles. The molecule has 0 aromatic heterocycles. The van der Waals surface area contributed by atoms with E-state index in [9.17, 15) is 14.4 Å². The minimum atomic E-state index is -1.07. The highest BCUT2D eigenvalue weighted by molar-refractivity contribution is 6.01. The van der Waals surface area contributed by atoms with Crippen LogP contribution in [-0.2, 0) is 9.59 Å². The van der Waals surface area contributed by atoms with Crippen LogP contribution in [0.4, 0.5) is 0 Å². The fourth-order valence-corrected chi connectivity index (χ4v) is 2.06. The highest BCUT2D eigenvalue weighted by atomic mass is 16.5. The van der Waals surface area contributed by atoms with Gasteiger partial charge in [0.25, 0.3) is 0 Å². The van der Waals surface area contributed by atoms with Crippen molar-refractivity contribution in [1.29, 1.82) is 0 Å². The minimum Gasteiger partial charge on any atom is -0.491 e. The van der Waals surface area contributed by atoms with Crippen molar-refractivity contribution in [1.82, 2.24) is 4.90 Å². The largest absolute Gasteiger partial charge is 0.491 e. The Balaban J connectivity index is 1.99. The molecule has 1 saturated heterocycles. The molecule has 106 valence electrons. The number of carbonyl (C=O) groups is 3. The Morgan fingerprint density at radius 2 is 1.95 bits per heavy atom. The van der Waals surface area contributed by atoms with Gasteiger partial charge in [0.15, 0.2) is 0 Å². The van der Waals surface area contributed by atoms with Crippen LogP contribution in [-0.4, -0.2) is 40.9 Å². The average molecular weight is 277 g/mol. The summed E-state index contributed by atoms with van der Waals surface area (Å²) < 4.78 is 5.39. The first kappa shape index (κ1) is 14.0. The number of amides is 2. The Bertz CT molecular complexity index is 551. The first-order valence-corrected chi connectivity index (χ1v) is 6.29. The van der Waals surface area contributed by atoms with Crippen LogP contribution in [0.25, 0.3) is 0 Å². The highest BCUT2D eigenvalue weighted by Gasteiger charge is 2.28. The average Bonchev–Trinajstić information content (AvgIpc) is 2.71. The van der Waals surface area contributed by atoms with Gasteiger partial charge in [-0.2, -0.15) is 0 Å². The van der Waals surface area contributed by atoms with Gasteiger partial charge in [0.1, 0.15) is 17.9 Å². The highest BCUT2D eigenvalue weighted by Crippen LogP contribution is 2.20. The number of rotatable bonds is 5. The number of carboxylic acids is 1. The molecule has 0 radical (unpaired) electrons. The number of imide groups is 1. The lowest BCUT2D eigenvalue weighted by atomic mass is 10.1. The normalized spacial score (nSPS) is 14.8. The van der Waals surface area contributed by atoms with Crippen LogP contribution >= 0.6 is 0 Å². The molecule has 1 aromatic carbocycles. The number of ether oxygens (including phenoxy) is 1. The van der Waals surface area contributed by atoms with Crippen molar-refractivity contribution in [2.24, 2.45) is 0 Å². The maximum absolute atomic E-state index is 11.4. The zero-order valence-electron chi connectivity index (χ0n) is 11.1. The number of carboxylic acid groups (broad SMARTS) is 1. The maximum Gasteiger partial charge on any atom is 0.339 e. The van der Waals surface area contributed by atoms with Crippen LogP contribution in [0, 0.1) is 6.92 Å². The summed E-state index contributed by atoms with van der Waals surface area (Å²) in [7, 11) is 0. The Hall–Kier alpha value is -2.37. The van der Waals surface area contributed by atoms with E-state index in [1.54, 1.807) is 19.1 Å². The lowest BCUT2D eigenvalue weighted by Gasteiger charge is -2.15. The van der Waals surface area contributed by atoms with Crippen molar-refractivity contribution in [2.45, 2.75) is 19.8 Å². The molecule has 0 atom stereocenters. The molecule has 0 spiro atoms. The molecular weight excluding hydrogens is 262 g/mol. The van der Waals surface area contributed by atoms with Crippen LogP contribution in [0.3, 0.4) is 0 Å². The second-order valence-corrected chi connectivity index (χ2v) is 4.59. The molecule has 1 aromatic rings. The summed E-state index contributed by atoms with van der Waals surface area (Å²) in [5.74, 6) is -1.25. The van der Waals surface area contributed by atoms with E-state index in [1.807, 2.05) is 0 Å². The van der Waals surface area contributed by atoms with Gasteiger partial charge in [-0.1, -0.05) is 11.6 Å². The predicted molar refractivity (Wildman–Crippen MR) is 69.6 cm³/mol. The molecule has 1 aliphatic rings. The van der Waals surface area contributed by atoms with E-state index in [4.69, 9.17) is 9.84 Å². The van der Waals surface area contributed by atoms with Crippen LogP contribution in [0.2, 0.25) is 0 Å². The summed E-state index contributed by atoms with van der Waals surface area (Å²) in [5.41, 5.74) is 0.892. The molecule has 1 fully saturated rings. The smallest absolute Gasteiger partial charge is 0.339 e. The molecule has 2 rings (SSSR count). The number of hydrogen-bond acceptors (Lipinski definition) is 4. The predicted octanol–water partition coefficient (Wildman–Crippen LogP) is 1.22. The fourth-order valence-electron chi connectivity index (χ4n) is 2.06. The Labute approximate surface area is 115 Å². The Kier molecular flexibility index (Phi) is 4.02. The number of likely N-dealkylation sites (tertiary alicyclic amines) is 1. The standard InChI is InChI=1S/C14H15NO5/c1-9-2-3-11(10(8-9)14(18)19)20-7-6-15-12(16)4-5-13(15)17/h2-3,8H,4-7H2,1H3,(H,18,19). The second-order valence-electron chi connectivity index (χ2n) is 4.59. The lowest BCUT2D eigenvalue weighted by molar-refractivity contribution is -0.138. The summed E-state index contributed by atoms with van der Waals surface area (Å²) >= 11 is 0. The van der Waals surface area contributed by atoms with Gasteiger partial charge in [-0.05, 0) is 19.1 Å². The zero-order valence-corrected chi connectivity index (χ0v) is 11.1. The molecule has 6 nitrogen and oxygen atoms in total. The minimum absolute atomic E-state index is 0.0732. The molecule has 2 amide bonds. The van der Waals surface area contributed by atoms with E-state index in [-0.39, 0.29) is 49.1 Å². The number of benzene rings is 1. The van der Waals surface area contributed by atoms with Gasteiger partial charge >= 0.3 is 5.97 Å². The maximum atomic E-state index is 11.4. The van der Waals surface area contributed by atoms with E-state index < -0.39 is 5.97 Å². The van der Waals surface area contributed by atoms with E-state index in [0.717, 1.165) is 10.5 Å². The number of nitrogens with zero attached hydrogens (tertiary/aromatic N) is 1. The fraction of sp³-hybridized carbons (Fsp3) is 0.357. The SMILES string of the molecule is Cc1ccc(OCCN2C(=O)CCC2=O)c(C(=O)O)c1. The van der Waals surface area contributed by atoms with Crippen LogP contribution < -0.4 is 4.74 Å². The van der Waals surface area contributed by atoms with Gasteiger partial charge in [0, 0.05) is 12.8 Å². The Morgan fingerprint density at radius 3 is 2.55 bits per heavy atom. The number of aromatic carboxylic acids is 1. The molecular formula is C14H15NO5. The second kappa shape index (κ2) is 5.73. The van der Waals surface area contributed by atoms with Crippen LogP contribution in [0.5, 0.6) is 5.75 Å². The van der Waals surface area contributed by atoms with Gasteiger partial charge < -0.3 is 9.84 Å². The van der Waals surface area contributed by atoms with Crippen LogP contribution in [0.1, 0.15) is 28.8 Å². The summed E-state index contributed by atoms with van der Waals surface area (Å²) in [6.07, 6.45) is 0.480. The van der Waals surface area contributed by atoms with Crippen molar-refractivity contribution in [3.05, 3.63) is 29.3 Å². The summed E-state index contributed by atoms with van der Waals surface area (Å²) in [6, 6.07) is 4.84. The van der Waals surface area contributed by atoms with E-state index in [2.05, 4.69) is 0 Å². The summed E-state index contributed by atoms with van der Waals surface area (Å²) in [6.45, 7) is 2.02. The van der Waals surface area contributed by atoms with Crippen molar-refractivity contribution < 1.29 is 24.2 Å². The van der Waals surface area contributed by atoms with E-state index in [1.165, 1.54) is 6.07 Å². The number of aryl methyl sites for hydroxylation is 1. The first-order valence-electron chi connectivity index (χ1n) is 6.29. The van der Waals surface area contributed by atoms with Gasteiger partial charge in [-0.15, -0.1) is 0 Å². The van der Waals surface area contributed by atoms with Crippen molar-refractivity contribution in [2.75, 3.05) is 13.2 Å². The third-order valence-electron chi connectivity index (χ3n) is 3.09. The topological polar surface area (TPSA) is 83.9 Å². The van der Waals surface area contributed by atoms with Gasteiger partial charge in [-0.3, -0.25) is 14.5 Å². The van der Waals surface area contributed by atoms with Crippen molar-refractivity contribution >= 4 is 17.8 Å². The molecule has 0 bridgehead atoms. The molecule has 1 heterocycles. The van der Waals surface area contributed by atoms with Gasteiger partial charge in [0.05, 0.1) is 6.54 Å². The molecule has 6 heteroatoms. The zero-order chi connectivity index (χ0) is 14.7. The summed E-state index contributed by atoms with van der Waals surface area (Å²) in [5, 5.41) is 9.09. The third kappa shape index (κ3) is 2.96. The lowest BCUT2D eigenvalue weighted by Crippen LogP contribution is -2.33. The molecule has 1 aliphatic heterocycles. The number of hydrogen-bond donors (Lipinski definition) is 1. The molecule has 1 N–H and O–H groups in total. The number of carbonyl (C=O) groups excluding carboxylic acids is 2. The van der Waals surface area contributed by atoms with Crippen LogP contribution in [0.15, 0.2) is 18.2 Å². The van der Waals surface area contributed by atoms with Gasteiger partial charge in [-0.25, -0.2) is 4.79 Å². The molecule has 0 saturated carbocycles. The molecule has 20 heavy (non-hydrogen) atoms. The Morgan fingerprint density at radius 1 is 1.30 bits per heavy atom. The monoisotopic (exact) mass is 277 g/mol. The van der Waals surface area contributed by atoms with Gasteiger partial charge in [0.2, 0.25) is 11.8 Å². The summed E-state index contributed by atoms with van der Waals surface area (Å²) in [4.78, 5) is 35.1. The van der Waals surface area contributed by atoms with E-state index in [0.29, 0.717) is 0 Å². The molecule has 0 unspecified atom stereocenters. The van der Waals surface area contributed by atoms with E-state index >= 15 is 0 Å². The van der Waals surface area contributed by atoms with Crippen molar-refractivity contribution in [3.63, 3.8) is 0 Å². The first-order chi connectivity index (χ1) is 9.49.